The first-order valence-electron chi connectivity index (χ1n) is 8.08. The average molecular weight is 384 g/mol. The highest BCUT2D eigenvalue weighted by molar-refractivity contribution is 6.34. The quantitative estimate of drug-likeness (QED) is 0.622. The van der Waals surface area contributed by atoms with Crippen LogP contribution in [0.3, 0.4) is 0 Å². The van der Waals surface area contributed by atoms with E-state index in [2.05, 4.69) is 4.90 Å². The molecule has 0 aromatic heterocycles. The van der Waals surface area contributed by atoms with E-state index in [4.69, 9.17) is 16.3 Å². The van der Waals surface area contributed by atoms with Crippen LogP contribution in [0.15, 0.2) is 18.2 Å². The van der Waals surface area contributed by atoms with Crippen LogP contribution in [0, 0.1) is 10.1 Å². The number of carboxylic acids is 1. The first-order chi connectivity index (χ1) is 12.2. The molecule has 2 fully saturated rings. The number of aliphatic carboxylic acids is 1. The second-order valence-electron chi connectivity index (χ2n) is 6.51. The molecule has 0 aliphatic carbocycles. The Hall–Kier alpha value is -2.23. The van der Waals surface area contributed by atoms with Crippen molar-refractivity contribution in [2.24, 2.45) is 0 Å². The number of non-ortho nitro benzene ring substituents is 1. The normalized spacial score (nSPS) is 22.5. The van der Waals surface area contributed by atoms with Gasteiger partial charge < -0.3 is 14.7 Å². The van der Waals surface area contributed by atoms with Crippen molar-refractivity contribution in [2.45, 2.75) is 24.6 Å². The van der Waals surface area contributed by atoms with Crippen molar-refractivity contribution in [1.29, 1.82) is 0 Å². The summed E-state index contributed by atoms with van der Waals surface area (Å²) in [6, 6.07) is 2.37. The minimum absolute atomic E-state index is 0.0275. The van der Waals surface area contributed by atoms with Gasteiger partial charge in [0.2, 0.25) is 0 Å². The summed E-state index contributed by atoms with van der Waals surface area (Å²) < 4.78 is 5.80. The average Bonchev–Trinajstić information content (AvgIpc) is 2.96. The maximum atomic E-state index is 13.2. The van der Waals surface area contributed by atoms with E-state index in [1.54, 1.807) is 0 Å². The highest BCUT2D eigenvalue weighted by Crippen LogP contribution is 2.39. The van der Waals surface area contributed by atoms with Crippen LogP contribution in [0.5, 0.6) is 0 Å². The van der Waals surface area contributed by atoms with Crippen LogP contribution in [0.25, 0.3) is 0 Å². The Kier molecular flexibility index (Phi) is 4.87. The van der Waals surface area contributed by atoms with Crippen LogP contribution >= 0.6 is 11.6 Å². The van der Waals surface area contributed by atoms with Crippen molar-refractivity contribution >= 4 is 29.2 Å². The standard InChI is InChI=1S/C16H18ClN3O6/c1-18-6-4-16(5-7-18)19(13(9-26-16)15(22)23)14(21)11-8-10(20(24)25)2-3-12(11)17/h2-3,8,13H,4-7,9H2,1H3,(H,22,23)/t13-/m1/s1. The number of halogens is 1. The zero-order valence-electron chi connectivity index (χ0n) is 14.1. The van der Waals surface area contributed by atoms with Gasteiger partial charge in [-0.1, -0.05) is 11.6 Å². The number of carbonyl (C=O) groups is 2. The number of hydrogen-bond acceptors (Lipinski definition) is 6. The Morgan fingerprint density at radius 3 is 2.62 bits per heavy atom. The number of nitro groups is 1. The van der Waals surface area contributed by atoms with Gasteiger partial charge in [-0.05, 0) is 13.1 Å². The fraction of sp³-hybridized carbons (Fsp3) is 0.500. The molecule has 26 heavy (non-hydrogen) atoms. The van der Waals surface area contributed by atoms with Gasteiger partial charge in [-0.15, -0.1) is 0 Å². The Bertz CT molecular complexity index is 762. The molecule has 2 heterocycles. The van der Waals surface area contributed by atoms with E-state index in [-0.39, 0.29) is 22.9 Å². The van der Waals surface area contributed by atoms with Gasteiger partial charge in [-0.2, -0.15) is 0 Å². The Labute approximate surface area is 154 Å². The molecule has 2 aliphatic rings. The minimum Gasteiger partial charge on any atom is -0.480 e. The van der Waals surface area contributed by atoms with Gasteiger partial charge in [0.1, 0.15) is 5.72 Å². The summed E-state index contributed by atoms with van der Waals surface area (Å²) >= 11 is 6.09. The molecule has 1 aromatic carbocycles. The van der Waals surface area contributed by atoms with E-state index in [9.17, 15) is 24.8 Å². The zero-order valence-corrected chi connectivity index (χ0v) is 14.8. The molecule has 1 N–H and O–H groups in total. The summed E-state index contributed by atoms with van der Waals surface area (Å²) in [5, 5.41) is 20.6. The Morgan fingerprint density at radius 2 is 2.04 bits per heavy atom. The van der Waals surface area contributed by atoms with Crippen molar-refractivity contribution in [2.75, 3.05) is 26.7 Å². The second kappa shape index (κ2) is 6.82. The highest BCUT2D eigenvalue weighted by Gasteiger charge is 2.54. The summed E-state index contributed by atoms with van der Waals surface area (Å²) in [4.78, 5) is 38.5. The molecule has 0 radical (unpaired) electrons. The molecule has 0 unspecified atom stereocenters. The van der Waals surface area contributed by atoms with E-state index in [1.807, 2.05) is 7.05 Å². The monoisotopic (exact) mass is 383 g/mol. The number of piperidine rings is 1. The number of rotatable bonds is 3. The molecule has 1 amide bonds. The number of likely N-dealkylation sites (tertiary alicyclic amines) is 1. The minimum atomic E-state index is -1.18. The summed E-state index contributed by atoms with van der Waals surface area (Å²) in [6.45, 7) is 1.15. The summed E-state index contributed by atoms with van der Waals surface area (Å²) in [6.07, 6.45) is 0.900. The van der Waals surface area contributed by atoms with E-state index < -0.39 is 28.6 Å². The molecular weight excluding hydrogens is 366 g/mol. The van der Waals surface area contributed by atoms with Crippen LogP contribution in [-0.4, -0.2) is 70.2 Å². The number of carbonyl (C=O) groups excluding carboxylic acids is 1. The molecule has 140 valence electrons. The van der Waals surface area contributed by atoms with Crippen LogP contribution in [0.4, 0.5) is 5.69 Å². The molecule has 3 rings (SSSR count). The summed E-state index contributed by atoms with van der Waals surface area (Å²) in [7, 11) is 1.93. The van der Waals surface area contributed by atoms with E-state index in [0.29, 0.717) is 25.9 Å². The van der Waals surface area contributed by atoms with Gasteiger partial charge in [0.15, 0.2) is 6.04 Å². The largest absolute Gasteiger partial charge is 0.480 e. The first-order valence-corrected chi connectivity index (χ1v) is 8.46. The number of carboxylic acid groups (broad SMARTS) is 1. The first kappa shape index (κ1) is 18.6. The maximum Gasteiger partial charge on any atom is 0.328 e. The van der Waals surface area contributed by atoms with Gasteiger partial charge in [-0.3, -0.25) is 19.8 Å². The molecule has 9 nitrogen and oxygen atoms in total. The lowest BCUT2D eigenvalue weighted by Gasteiger charge is -2.43. The van der Waals surface area contributed by atoms with Crippen molar-refractivity contribution in [3.63, 3.8) is 0 Å². The molecule has 0 saturated carbocycles. The molecule has 2 saturated heterocycles. The number of hydrogen-bond donors (Lipinski definition) is 1. The number of nitro benzene ring substituents is 1. The lowest BCUT2D eigenvalue weighted by atomic mass is 9.97. The molecule has 0 bridgehead atoms. The summed E-state index contributed by atoms with van der Waals surface area (Å²) in [5.41, 5.74) is -1.43. The van der Waals surface area contributed by atoms with Crippen molar-refractivity contribution in [3.05, 3.63) is 38.9 Å². The predicted molar refractivity (Wildman–Crippen MR) is 91.1 cm³/mol. The number of amides is 1. The fourth-order valence-corrected chi connectivity index (χ4v) is 3.64. The zero-order chi connectivity index (χ0) is 19.1. The Balaban J connectivity index is 2.02. The van der Waals surface area contributed by atoms with E-state index >= 15 is 0 Å². The smallest absolute Gasteiger partial charge is 0.328 e. The Morgan fingerprint density at radius 1 is 1.38 bits per heavy atom. The highest BCUT2D eigenvalue weighted by atomic mass is 35.5. The van der Waals surface area contributed by atoms with Gasteiger partial charge in [-0.25, -0.2) is 4.79 Å². The van der Waals surface area contributed by atoms with Crippen LogP contribution in [-0.2, 0) is 9.53 Å². The third kappa shape index (κ3) is 3.13. The van der Waals surface area contributed by atoms with Crippen molar-refractivity contribution in [3.8, 4) is 0 Å². The van der Waals surface area contributed by atoms with Crippen LogP contribution in [0.2, 0.25) is 5.02 Å². The lowest BCUT2D eigenvalue weighted by Crippen LogP contribution is -2.57. The lowest BCUT2D eigenvalue weighted by molar-refractivity contribution is -0.384. The van der Waals surface area contributed by atoms with Crippen molar-refractivity contribution < 1.29 is 24.4 Å². The summed E-state index contributed by atoms with van der Waals surface area (Å²) in [5.74, 6) is -1.86. The van der Waals surface area contributed by atoms with Gasteiger partial charge in [0.25, 0.3) is 11.6 Å². The topological polar surface area (TPSA) is 113 Å². The molecule has 1 aromatic rings. The van der Waals surface area contributed by atoms with Gasteiger partial charge in [0, 0.05) is 38.1 Å². The third-order valence-electron chi connectivity index (χ3n) is 4.92. The van der Waals surface area contributed by atoms with Crippen molar-refractivity contribution in [1.82, 2.24) is 9.80 Å². The number of ether oxygens (including phenoxy) is 1. The van der Waals surface area contributed by atoms with Gasteiger partial charge in [0.05, 0.1) is 22.1 Å². The predicted octanol–water partition coefficient (Wildman–Crippen LogP) is 1.60. The fourth-order valence-electron chi connectivity index (χ4n) is 3.44. The maximum absolute atomic E-state index is 13.2. The molecule has 1 spiro atoms. The SMILES string of the molecule is CN1CCC2(CC1)OC[C@H](C(=O)O)N2C(=O)c1cc([N+](=O)[O-])ccc1Cl. The van der Waals surface area contributed by atoms with Crippen LogP contribution < -0.4 is 0 Å². The number of benzene rings is 1. The van der Waals surface area contributed by atoms with E-state index in [0.717, 1.165) is 6.07 Å². The molecule has 10 heteroatoms. The third-order valence-corrected chi connectivity index (χ3v) is 5.25. The van der Waals surface area contributed by atoms with E-state index in [1.165, 1.54) is 17.0 Å². The van der Waals surface area contributed by atoms with Crippen LogP contribution in [0.1, 0.15) is 23.2 Å². The molecular formula is C16H18ClN3O6. The second-order valence-corrected chi connectivity index (χ2v) is 6.92. The molecule has 1 atom stereocenters. The number of nitrogens with zero attached hydrogens (tertiary/aromatic N) is 3. The molecule has 2 aliphatic heterocycles. The van der Waals surface area contributed by atoms with Gasteiger partial charge >= 0.3 is 5.97 Å².